The lowest BCUT2D eigenvalue weighted by Gasteiger charge is -2.44. The average molecular weight is 623 g/mol. The van der Waals surface area contributed by atoms with Crippen LogP contribution in [0.2, 0.25) is 0 Å². The number of nitrogens with one attached hydrogen (secondary N) is 1. The van der Waals surface area contributed by atoms with Crippen LogP contribution in [0, 0.1) is 0 Å². The number of ether oxygens (including phenoxy) is 7. The van der Waals surface area contributed by atoms with Crippen molar-refractivity contribution in [2.75, 3.05) is 26.3 Å². The summed E-state index contributed by atoms with van der Waals surface area (Å²) in [5.74, 6) is -1.73. The second-order valence-electron chi connectivity index (χ2n) is 10.9. The van der Waals surface area contributed by atoms with Gasteiger partial charge in [0.1, 0.15) is 17.5 Å². The van der Waals surface area contributed by atoms with Gasteiger partial charge in [-0.15, -0.1) is 0 Å². The Balaban J connectivity index is 2.19. The van der Waals surface area contributed by atoms with E-state index >= 15 is 0 Å². The maximum absolute atomic E-state index is 12.1. The predicted octanol–water partition coefficient (Wildman–Crippen LogP) is 3.76. The molecule has 1 aromatic carbocycles. The summed E-state index contributed by atoms with van der Waals surface area (Å²) < 4.78 is 39.6. The van der Waals surface area contributed by atoms with Crippen molar-refractivity contribution in [2.24, 2.45) is 5.11 Å². The maximum Gasteiger partial charge on any atom is 0.407 e. The SMILES string of the molecule is CC(=O)O[C@@H]1[C@@H](OC(C)=O)[C@H](Oc2ccc(CCNC(=O)OC(C)(C)C)cc2)O[C@H](COCCCCN=[N+]=[N-])[C@H]1OC(C)=O. The van der Waals surface area contributed by atoms with E-state index in [4.69, 9.17) is 38.7 Å². The van der Waals surface area contributed by atoms with E-state index in [1.807, 2.05) is 0 Å². The first kappa shape index (κ1) is 36.1. The third-order valence-corrected chi connectivity index (χ3v) is 5.90. The zero-order valence-electron chi connectivity index (χ0n) is 26.0. The number of amides is 1. The molecule has 0 spiro atoms. The van der Waals surface area contributed by atoms with Gasteiger partial charge in [0.15, 0.2) is 12.2 Å². The Kier molecular flexibility index (Phi) is 14.7. The van der Waals surface area contributed by atoms with Gasteiger partial charge in [-0.1, -0.05) is 17.2 Å². The van der Waals surface area contributed by atoms with Crippen LogP contribution in [0.15, 0.2) is 29.4 Å². The van der Waals surface area contributed by atoms with Gasteiger partial charge in [0, 0.05) is 45.4 Å². The van der Waals surface area contributed by atoms with Gasteiger partial charge in [0.05, 0.1) is 6.61 Å². The first-order valence-electron chi connectivity index (χ1n) is 14.3. The molecule has 0 aliphatic carbocycles. The van der Waals surface area contributed by atoms with E-state index in [1.54, 1.807) is 45.0 Å². The second-order valence-corrected chi connectivity index (χ2v) is 10.9. The van der Waals surface area contributed by atoms with E-state index in [9.17, 15) is 19.2 Å². The zero-order valence-corrected chi connectivity index (χ0v) is 26.0. The normalized spacial score (nSPS) is 21.3. The second kappa shape index (κ2) is 17.9. The highest BCUT2D eigenvalue weighted by molar-refractivity contribution is 5.68. The van der Waals surface area contributed by atoms with Crippen molar-refractivity contribution >= 4 is 24.0 Å². The molecule has 1 N–H and O–H groups in total. The molecule has 0 radical (unpaired) electrons. The first-order chi connectivity index (χ1) is 20.8. The standard InChI is InChI=1S/C29H42N4O11/c1-18(34)39-24-23(17-38-16-8-7-14-32-33-30)43-27(26(41-20(3)36)25(24)40-19(2)35)42-22-11-9-21(10-12-22)13-15-31-28(37)44-29(4,5)6/h9-12,23-27H,7-8,13-17H2,1-6H3,(H,31,37)/t23-,24-,25+,26-,27-/m1/s1. The van der Waals surface area contributed by atoms with Gasteiger partial charge in [-0.2, -0.15) is 0 Å². The Morgan fingerprint density at radius 1 is 0.932 bits per heavy atom. The van der Waals surface area contributed by atoms with Gasteiger partial charge in [0.2, 0.25) is 12.4 Å². The molecule has 1 saturated heterocycles. The number of nitrogens with zero attached hydrogens (tertiary/aromatic N) is 3. The summed E-state index contributed by atoms with van der Waals surface area (Å²) in [6.45, 7) is 9.77. The van der Waals surface area contributed by atoms with Crippen LogP contribution >= 0.6 is 0 Å². The third-order valence-electron chi connectivity index (χ3n) is 5.90. The molecule has 0 bridgehead atoms. The number of azide groups is 1. The van der Waals surface area contributed by atoms with E-state index in [0.717, 1.165) is 5.56 Å². The number of unbranched alkanes of at least 4 members (excludes halogenated alkanes) is 1. The number of benzene rings is 1. The van der Waals surface area contributed by atoms with Crippen molar-refractivity contribution in [3.05, 3.63) is 40.3 Å². The number of rotatable bonds is 15. The number of hydrogen-bond donors (Lipinski definition) is 1. The van der Waals surface area contributed by atoms with Crippen LogP contribution in [-0.2, 0) is 49.2 Å². The quantitative estimate of drug-likeness (QED) is 0.0747. The number of esters is 3. The molecule has 0 aromatic heterocycles. The number of carbonyl (C=O) groups excluding carboxylic acids is 4. The van der Waals surface area contributed by atoms with Gasteiger partial charge in [-0.3, -0.25) is 14.4 Å². The van der Waals surface area contributed by atoms with Crippen LogP contribution in [0.1, 0.15) is 59.9 Å². The fraction of sp³-hybridized carbons (Fsp3) is 0.655. The Morgan fingerprint density at radius 2 is 1.55 bits per heavy atom. The highest BCUT2D eigenvalue weighted by Crippen LogP contribution is 2.31. The van der Waals surface area contributed by atoms with E-state index < -0.39 is 60.3 Å². The van der Waals surface area contributed by atoms with Crippen molar-refractivity contribution in [1.82, 2.24) is 5.32 Å². The maximum atomic E-state index is 12.1. The van der Waals surface area contributed by atoms with Crippen molar-refractivity contribution in [2.45, 2.75) is 97.1 Å². The minimum Gasteiger partial charge on any atom is -0.461 e. The molecule has 1 fully saturated rings. The summed E-state index contributed by atoms with van der Waals surface area (Å²) in [7, 11) is 0. The monoisotopic (exact) mass is 622 g/mol. The summed E-state index contributed by atoms with van der Waals surface area (Å²) >= 11 is 0. The Morgan fingerprint density at radius 3 is 2.14 bits per heavy atom. The highest BCUT2D eigenvalue weighted by Gasteiger charge is 2.53. The molecule has 15 heteroatoms. The highest BCUT2D eigenvalue weighted by atomic mass is 16.7. The van der Waals surface area contributed by atoms with Crippen LogP contribution in [0.4, 0.5) is 4.79 Å². The summed E-state index contributed by atoms with van der Waals surface area (Å²) in [5.41, 5.74) is 8.70. The summed E-state index contributed by atoms with van der Waals surface area (Å²) in [6, 6.07) is 6.92. The van der Waals surface area contributed by atoms with Gasteiger partial charge in [0.25, 0.3) is 0 Å². The molecule has 1 amide bonds. The smallest absolute Gasteiger partial charge is 0.407 e. The number of alkyl carbamates (subject to hydrolysis) is 1. The van der Waals surface area contributed by atoms with Gasteiger partial charge < -0.3 is 38.5 Å². The van der Waals surface area contributed by atoms with Gasteiger partial charge in [-0.25, -0.2) is 4.79 Å². The summed E-state index contributed by atoms with van der Waals surface area (Å²) in [6.07, 6.45) is -4.76. The van der Waals surface area contributed by atoms with Crippen molar-refractivity contribution in [3.63, 3.8) is 0 Å². The van der Waals surface area contributed by atoms with Crippen LogP contribution < -0.4 is 10.1 Å². The van der Waals surface area contributed by atoms with Crippen molar-refractivity contribution in [1.29, 1.82) is 0 Å². The van der Waals surface area contributed by atoms with Gasteiger partial charge >= 0.3 is 24.0 Å². The van der Waals surface area contributed by atoms with E-state index in [1.165, 1.54) is 20.8 Å². The third kappa shape index (κ3) is 13.5. The molecule has 2 rings (SSSR count). The number of carbonyl (C=O) groups is 4. The zero-order chi connectivity index (χ0) is 32.7. The molecule has 44 heavy (non-hydrogen) atoms. The Hall–Kier alpha value is -4.07. The largest absolute Gasteiger partial charge is 0.461 e. The fourth-order valence-electron chi connectivity index (χ4n) is 4.21. The molecule has 1 aliphatic rings. The summed E-state index contributed by atoms with van der Waals surface area (Å²) in [4.78, 5) is 50.7. The molecule has 5 atom stereocenters. The molecule has 1 aromatic rings. The van der Waals surface area contributed by atoms with Crippen molar-refractivity contribution in [3.8, 4) is 5.75 Å². The first-order valence-corrected chi connectivity index (χ1v) is 14.3. The van der Waals surface area contributed by atoms with E-state index in [2.05, 4.69) is 15.3 Å². The fourth-order valence-corrected chi connectivity index (χ4v) is 4.21. The predicted molar refractivity (Wildman–Crippen MR) is 154 cm³/mol. The molecule has 0 saturated carbocycles. The van der Waals surface area contributed by atoms with Crippen LogP contribution in [0.5, 0.6) is 5.75 Å². The van der Waals surface area contributed by atoms with Crippen LogP contribution in [-0.4, -0.2) is 86.6 Å². The van der Waals surface area contributed by atoms with Gasteiger partial charge in [-0.05, 0) is 63.3 Å². The lowest BCUT2D eigenvalue weighted by Crippen LogP contribution is -2.63. The molecule has 1 aliphatic heterocycles. The molecule has 15 nitrogen and oxygen atoms in total. The molecular formula is C29H42N4O11. The minimum atomic E-state index is -1.29. The van der Waals surface area contributed by atoms with Crippen molar-refractivity contribution < 1.29 is 52.3 Å². The van der Waals surface area contributed by atoms with E-state index in [-0.39, 0.29) is 13.2 Å². The van der Waals surface area contributed by atoms with Crippen LogP contribution in [0.25, 0.3) is 10.4 Å². The van der Waals surface area contributed by atoms with Crippen LogP contribution in [0.3, 0.4) is 0 Å². The topological polar surface area (TPSA) is 194 Å². The lowest BCUT2D eigenvalue weighted by molar-refractivity contribution is -0.289. The molecular weight excluding hydrogens is 580 g/mol. The van der Waals surface area contributed by atoms with E-state index in [0.29, 0.717) is 38.1 Å². The molecule has 0 unspecified atom stereocenters. The Labute approximate surface area is 256 Å². The number of hydrogen-bond acceptors (Lipinski definition) is 12. The average Bonchev–Trinajstić information content (AvgIpc) is 2.91. The minimum absolute atomic E-state index is 0.0759. The molecule has 244 valence electrons. The summed E-state index contributed by atoms with van der Waals surface area (Å²) in [5, 5.41) is 6.18. The Bertz CT molecular complexity index is 1150. The lowest BCUT2D eigenvalue weighted by atomic mass is 9.98. The molecule has 1 heterocycles.